The molecular formula is C14H12ClN3O3S. The van der Waals surface area contributed by atoms with Crippen LogP contribution < -0.4 is 15.0 Å². The number of benzene rings is 1. The highest BCUT2D eigenvalue weighted by Gasteiger charge is 2.33. The summed E-state index contributed by atoms with van der Waals surface area (Å²) in [5, 5.41) is 5.37. The monoisotopic (exact) mass is 337 g/mol. The summed E-state index contributed by atoms with van der Waals surface area (Å²) >= 11 is 7.29. The van der Waals surface area contributed by atoms with Crippen LogP contribution in [0.2, 0.25) is 5.02 Å². The van der Waals surface area contributed by atoms with Gasteiger partial charge in [-0.05, 0) is 25.1 Å². The number of carbonyl (C=O) groups is 2. The predicted molar refractivity (Wildman–Crippen MR) is 84.6 cm³/mol. The molecule has 1 aliphatic heterocycles. The summed E-state index contributed by atoms with van der Waals surface area (Å²) in [5.41, 5.74) is 0.491. The smallest absolute Gasteiger partial charge is 0.268 e. The summed E-state index contributed by atoms with van der Waals surface area (Å²) < 4.78 is 5.52. The summed E-state index contributed by atoms with van der Waals surface area (Å²) in [6, 6.07) is 4.97. The average molecular weight is 338 g/mol. The number of fused-ring (bicyclic) bond motifs is 1. The van der Waals surface area contributed by atoms with Gasteiger partial charge >= 0.3 is 0 Å². The predicted octanol–water partition coefficient (Wildman–Crippen LogP) is 2.55. The van der Waals surface area contributed by atoms with E-state index in [4.69, 9.17) is 16.3 Å². The molecule has 0 bridgehead atoms. The number of aromatic nitrogens is 1. The van der Waals surface area contributed by atoms with Gasteiger partial charge in [0.2, 0.25) is 5.91 Å². The fourth-order valence-corrected chi connectivity index (χ4v) is 2.84. The van der Waals surface area contributed by atoms with E-state index in [-0.39, 0.29) is 18.4 Å². The molecule has 3 rings (SSSR count). The molecule has 1 aliphatic rings. The van der Waals surface area contributed by atoms with Gasteiger partial charge in [-0.2, -0.15) is 0 Å². The maximum absolute atomic E-state index is 12.3. The Morgan fingerprint density at radius 1 is 1.55 bits per heavy atom. The molecule has 0 radical (unpaired) electrons. The molecule has 0 saturated heterocycles. The topological polar surface area (TPSA) is 71.5 Å². The number of nitrogens with one attached hydrogen (secondary N) is 1. The number of anilines is 2. The number of hydrogen-bond acceptors (Lipinski definition) is 5. The largest absolute Gasteiger partial charge is 0.479 e. The standard InChI is InChI=1S/C14H12ClN3O3S/c1-8-13(20)18(7-12(19)17-14-16-4-5-22-14)10-6-9(15)2-3-11(10)21-8/h2-6,8H,7H2,1H3,(H,16,17,19). The highest BCUT2D eigenvalue weighted by atomic mass is 35.5. The Hall–Kier alpha value is -2.12. The van der Waals surface area contributed by atoms with Gasteiger partial charge in [0.15, 0.2) is 11.2 Å². The molecule has 0 aliphatic carbocycles. The van der Waals surface area contributed by atoms with Crippen molar-refractivity contribution in [1.82, 2.24) is 4.98 Å². The molecule has 8 heteroatoms. The van der Waals surface area contributed by atoms with E-state index in [1.165, 1.54) is 16.2 Å². The molecule has 22 heavy (non-hydrogen) atoms. The van der Waals surface area contributed by atoms with E-state index in [9.17, 15) is 9.59 Å². The molecule has 0 fully saturated rings. The van der Waals surface area contributed by atoms with Crippen molar-refractivity contribution in [2.45, 2.75) is 13.0 Å². The first-order valence-electron chi connectivity index (χ1n) is 6.51. The van der Waals surface area contributed by atoms with Crippen molar-refractivity contribution < 1.29 is 14.3 Å². The molecule has 114 valence electrons. The van der Waals surface area contributed by atoms with Gasteiger partial charge in [0, 0.05) is 16.6 Å². The lowest BCUT2D eigenvalue weighted by atomic mass is 10.2. The zero-order chi connectivity index (χ0) is 15.7. The molecule has 6 nitrogen and oxygen atoms in total. The minimum Gasteiger partial charge on any atom is -0.479 e. The second-order valence-electron chi connectivity index (χ2n) is 4.68. The summed E-state index contributed by atoms with van der Waals surface area (Å²) in [6.07, 6.45) is 0.943. The maximum atomic E-state index is 12.3. The fourth-order valence-electron chi connectivity index (χ4n) is 2.13. The quantitative estimate of drug-likeness (QED) is 0.934. The van der Waals surface area contributed by atoms with Gasteiger partial charge in [-0.15, -0.1) is 11.3 Å². The number of rotatable bonds is 3. The van der Waals surface area contributed by atoms with E-state index in [2.05, 4.69) is 10.3 Å². The summed E-state index contributed by atoms with van der Waals surface area (Å²) in [5.74, 6) is -0.0917. The third-order valence-corrected chi connectivity index (χ3v) is 4.03. The van der Waals surface area contributed by atoms with Gasteiger partial charge in [0.05, 0.1) is 5.69 Å². The fraction of sp³-hybridized carbons (Fsp3) is 0.214. The van der Waals surface area contributed by atoms with Crippen molar-refractivity contribution in [3.8, 4) is 5.75 Å². The first-order chi connectivity index (χ1) is 10.5. The highest BCUT2D eigenvalue weighted by molar-refractivity contribution is 7.13. The SMILES string of the molecule is CC1Oc2ccc(Cl)cc2N(CC(=O)Nc2nccs2)C1=O. The summed E-state index contributed by atoms with van der Waals surface area (Å²) in [6.45, 7) is 1.52. The van der Waals surface area contributed by atoms with Crippen LogP contribution >= 0.6 is 22.9 Å². The minimum atomic E-state index is -0.652. The lowest BCUT2D eigenvalue weighted by Crippen LogP contribution is -2.47. The minimum absolute atomic E-state index is 0.126. The average Bonchev–Trinajstić information content (AvgIpc) is 2.97. The van der Waals surface area contributed by atoms with Gasteiger partial charge in [-0.3, -0.25) is 14.5 Å². The Labute approximate surface area is 135 Å². The third-order valence-electron chi connectivity index (χ3n) is 3.11. The highest BCUT2D eigenvalue weighted by Crippen LogP contribution is 2.36. The zero-order valence-corrected chi connectivity index (χ0v) is 13.1. The summed E-state index contributed by atoms with van der Waals surface area (Å²) in [4.78, 5) is 29.8. The van der Waals surface area contributed by atoms with Crippen molar-refractivity contribution in [3.05, 3.63) is 34.8 Å². The van der Waals surface area contributed by atoms with Gasteiger partial charge in [-0.1, -0.05) is 11.6 Å². The maximum Gasteiger partial charge on any atom is 0.268 e. The molecule has 2 aromatic rings. The Kier molecular flexibility index (Phi) is 4.00. The molecule has 0 spiro atoms. The van der Waals surface area contributed by atoms with Gasteiger partial charge in [0.25, 0.3) is 5.91 Å². The van der Waals surface area contributed by atoms with Crippen LogP contribution in [0, 0.1) is 0 Å². The van der Waals surface area contributed by atoms with E-state index < -0.39 is 6.10 Å². The molecule has 2 heterocycles. The molecule has 2 amide bonds. The van der Waals surface area contributed by atoms with E-state index in [0.717, 1.165) is 0 Å². The van der Waals surface area contributed by atoms with Crippen LogP contribution in [0.5, 0.6) is 5.75 Å². The van der Waals surface area contributed by atoms with Crippen molar-refractivity contribution in [3.63, 3.8) is 0 Å². The number of halogens is 1. The van der Waals surface area contributed by atoms with Crippen molar-refractivity contribution in [2.24, 2.45) is 0 Å². The molecule has 1 aromatic carbocycles. The Morgan fingerprint density at radius 2 is 2.36 bits per heavy atom. The zero-order valence-electron chi connectivity index (χ0n) is 11.6. The van der Waals surface area contributed by atoms with Crippen molar-refractivity contribution in [1.29, 1.82) is 0 Å². The van der Waals surface area contributed by atoms with Crippen LogP contribution in [0.25, 0.3) is 0 Å². The van der Waals surface area contributed by atoms with Gasteiger partial charge in [-0.25, -0.2) is 4.98 Å². The normalized spacial score (nSPS) is 16.9. The van der Waals surface area contributed by atoms with Crippen molar-refractivity contribution >= 4 is 45.6 Å². The molecular weight excluding hydrogens is 326 g/mol. The van der Waals surface area contributed by atoms with E-state index in [1.807, 2.05) is 0 Å². The molecule has 1 atom stereocenters. The lowest BCUT2D eigenvalue weighted by Gasteiger charge is -2.32. The van der Waals surface area contributed by atoms with Crippen LogP contribution in [0.15, 0.2) is 29.8 Å². The van der Waals surface area contributed by atoms with Crippen LogP contribution in [0.4, 0.5) is 10.8 Å². The lowest BCUT2D eigenvalue weighted by molar-refractivity contribution is -0.127. The van der Waals surface area contributed by atoms with E-state index >= 15 is 0 Å². The number of nitrogens with zero attached hydrogens (tertiary/aromatic N) is 2. The second kappa shape index (κ2) is 5.94. The van der Waals surface area contributed by atoms with Gasteiger partial charge < -0.3 is 10.1 Å². The van der Waals surface area contributed by atoms with Crippen LogP contribution in [0.1, 0.15) is 6.92 Å². The van der Waals surface area contributed by atoms with E-state index in [1.54, 1.807) is 36.7 Å². The van der Waals surface area contributed by atoms with Gasteiger partial charge in [0.1, 0.15) is 12.3 Å². The van der Waals surface area contributed by atoms with Crippen LogP contribution in [0.3, 0.4) is 0 Å². The van der Waals surface area contributed by atoms with Crippen LogP contribution in [-0.4, -0.2) is 29.4 Å². The van der Waals surface area contributed by atoms with Crippen molar-refractivity contribution in [2.75, 3.05) is 16.8 Å². The number of thiazole rings is 1. The Morgan fingerprint density at radius 3 is 3.09 bits per heavy atom. The first-order valence-corrected chi connectivity index (χ1v) is 7.77. The number of ether oxygens (including phenoxy) is 1. The molecule has 1 unspecified atom stereocenters. The Bertz CT molecular complexity index is 720. The van der Waals surface area contributed by atoms with E-state index in [0.29, 0.717) is 21.6 Å². The Balaban J connectivity index is 1.84. The second-order valence-corrected chi connectivity index (χ2v) is 6.01. The number of carbonyl (C=O) groups excluding carboxylic acids is 2. The first kappa shape index (κ1) is 14.8. The molecule has 0 saturated carbocycles. The molecule has 1 N–H and O–H groups in total. The number of hydrogen-bond donors (Lipinski definition) is 1. The number of amides is 2. The summed E-state index contributed by atoms with van der Waals surface area (Å²) in [7, 11) is 0. The van der Waals surface area contributed by atoms with Crippen LogP contribution in [-0.2, 0) is 9.59 Å². The third kappa shape index (κ3) is 2.90. The molecule has 1 aromatic heterocycles.